The molecule has 9 nitrogen and oxygen atoms in total. The van der Waals surface area contributed by atoms with Crippen LogP contribution in [0.4, 0.5) is 0 Å². The third-order valence-electron chi connectivity index (χ3n) is 13.4. The predicted molar refractivity (Wildman–Crippen MR) is 293 cm³/mol. The van der Waals surface area contributed by atoms with Crippen molar-refractivity contribution in [3.05, 3.63) is 60.8 Å². The average Bonchev–Trinajstić information content (AvgIpc) is 3.36. The number of allylic oxidation sites excluding steroid dienone is 10. The van der Waals surface area contributed by atoms with E-state index in [0.717, 1.165) is 64.2 Å². The van der Waals surface area contributed by atoms with Crippen LogP contribution >= 0.6 is 0 Å². The van der Waals surface area contributed by atoms with Crippen LogP contribution in [0.15, 0.2) is 60.8 Å². The standard InChI is InChI=1S/C61H110O9/c1-3-5-7-9-11-13-15-17-19-21-23-25-26-27-28-29-31-33-35-37-39-41-43-45-47-49-51-67-53-55(54-68-61-60(66)59(65)58(64)56(52-62)70-61)69-57(63)50-48-46-44-42-40-38-36-34-32-30-24-22-20-18-16-14-12-10-8-6-4-2/h15-18,21-24,32,34,55-56,58-62,64-66H,3-14,19-20,25-31,33,35-54H2,1-2H3/b17-15-,18-16-,23-21-,24-22-,34-32-. The highest BCUT2D eigenvalue weighted by molar-refractivity contribution is 5.69. The molecule has 1 rings (SSSR count). The third kappa shape index (κ3) is 41.4. The molecular weight excluding hydrogens is 877 g/mol. The van der Waals surface area contributed by atoms with Crippen LogP contribution < -0.4 is 0 Å². The molecule has 9 heteroatoms. The van der Waals surface area contributed by atoms with E-state index in [0.29, 0.717) is 13.0 Å². The van der Waals surface area contributed by atoms with Crippen LogP contribution in [0.3, 0.4) is 0 Å². The number of aliphatic hydroxyl groups excluding tert-OH is 4. The second-order valence-electron chi connectivity index (χ2n) is 20.1. The van der Waals surface area contributed by atoms with Crippen LogP contribution in [-0.2, 0) is 23.7 Å². The fourth-order valence-corrected chi connectivity index (χ4v) is 8.83. The van der Waals surface area contributed by atoms with Gasteiger partial charge in [0.2, 0.25) is 0 Å². The first-order valence-electron chi connectivity index (χ1n) is 29.4. The van der Waals surface area contributed by atoms with E-state index in [2.05, 4.69) is 74.6 Å². The Hall–Kier alpha value is -2.11. The molecule has 408 valence electrons. The molecule has 1 fully saturated rings. The van der Waals surface area contributed by atoms with Gasteiger partial charge >= 0.3 is 5.97 Å². The number of unbranched alkanes of at least 4 members (excludes halogenated alkanes) is 30. The Kier molecular flexibility index (Phi) is 48.7. The van der Waals surface area contributed by atoms with E-state index < -0.39 is 43.4 Å². The smallest absolute Gasteiger partial charge is 0.306 e. The molecule has 1 saturated heterocycles. The number of esters is 1. The number of hydrogen-bond acceptors (Lipinski definition) is 9. The lowest BCUT2D eigenvalue weighted by molar-refractivity contribution is -0.305. The number of hydrogen-bond donors (Lipinski definition) is 4. The van der Waals surface area contributed by atoms with Gasteiger partial charge in [-0.2, -0.15) is 0 Å². The molecule has 1 aliphatic rings. The molecule has 0 bridgehead atoms. The zero-order chi connectivity index (χ0) is 50.6. The summed E-state index contributed by atoms with van der Waals surface area (Å²) in [5.74, 6) is -0.324. The van der Waals surface area contributed by atoms with Gasteiger partial charge in [0, 0.05) is 13.0 Å². The summed E-state index contributed by atoms with van der Waals surface area (Å²) in [6, 6.07) is 0. The van der Waals surface area contributed by atoms with E-state index >= 15 is 0 Å². The van der Waals surface area contributed by atoms with Crippen molar-refractivity contribution in [3.8, 4) is 0 Å². The number of rotatable bonds is 51. The van der Waals surface area contributed by atoms with Crippen molar-refractivity contribution in [2.45, 2.75) is 295 Å². The molecule has 6 atom stereocenters. The third-order valence-corrected chi connectivity index (χ3v) is 13.4. The summed E-state index contributed by atoms with van der Waals surface area (Å²) >= 11 is 0. The summed E-state index contributed by atoms with van der Waals surface area (Å²) in [5.41, 5.74) is 0. The van der Waals surface area contributed by atoms with Crippen molar-refractivity contribution < 1.29 is 44.2 Å². The van der Waals surface area contributed by atoms with Crippen molar-refractivity contribution in [1.29, 1.82) is 0 Å². The van der Waals surface area contributed by atoms with Crippen LogP contribution in [0.2, 0.25) is 0 Å². The largest absolute Gasteiger partial charge is 0.457 e. The lowest BCUT2D eigenvalue weighted by Crippen LogP contribution is -2.59. The van der Waals surface area contributed by atoms with Crippen LogP contribution in [0.25, 0.3) is 0 Å². The molecule has 4 N–H and O–H groups in total. The lowest BCUT2D eigenvalue weighted by atomic mass is 9.99. The zero-order valence-electron chi connectivity index (χ0n) is 45.3. The molecule has 0 saturated carbocycles. The van der Waals surface area contributed by atoms with Gasteiger partial charge in [-0.15, -0.1) is 0 Å². The maximum Gasteiger partial charge on any atom is 0.306 e. The van der Waals surface area contributed by atoms with Gasteiger partial charge in [-0.1, -0.05) is 229 Å². The minimum Gasteiger partial charge on any atom is -0.457 e. The first-order valence-corrected chi connectivity index (χ1v) is 29.4. The van der Waals surface area contributed by atoms with Gasteiger partial charge in [0.15, 0.2) is 6.29 Å². The molecule has 1 heterocycles. The summed E-state index contributed by atoms with van der Waals surface area (Å²) in [5, 5.41) is 40.4. The second-order valence-corrected chi connectivity index (χ2v) is 20.1. The Morgan fingerprint density at radius 3 is 1.24 bits per heavy atom. The molecule has 0 aromatic heterocycles. The van der Waals surface area contributed by atoms with E-state index in [1.54, 1.807) is 0 Å². The van der Waals surface area contributed by atoms with Crippen molar-refractivity contribution in [1.82, 2.24) is 0 Å². The van der Waals surface area contributed by atoms with Crippen molar-refractivity contribution in [2.24, 2.45) is 0 Å². The van der Waals surface area contributed by atoms with Crippen molar-refractivity contribution in [3.63, 3.8) is 0 Å². The van der Waals surface area contributed by atoms with E-state index in [1.807, 2.05) is 0 Å². The van der Waals surface area contributed by atoms with Gasteiger partial charge in [0.05, 0.1) is 19.8 Å². The quantitative estimate of drug-likeness (QED) is 0.0267. The van der Waals surface area contributed by atoms with Gasteiger partial charge in [-0.3, -0.25) is 4.79 Å². The summed E-state index contributed by atoms with van der Waals surface area (Å²) < 4.78 is 23.0. The summed E-state index contributed by atoms with van der Waals surface area (Å²) in [6.07, 6.45) is 61.2. The second kappa shape index (κ2) is 51.8. The molecule has 70 heavy (non-hydrogen) atoms. The topological polar surface area (TPSA) is 135 Å². The first-order chi connectivity index (χ1) is 34.4. The van der Waals surface area contributed by atoms with E-state index in [4.69, 9.17) is 18.9 Å². The number of aliphatic hydroxyl groups is 4. The SMILES string of the molecule is CCCCCCC/C=C\C/C=C\C/C=C\CCCCCCCCC(=O)OC(COCCCCCCCCCCCCCCCC/C=C\C/C=C\CCCCCCC)COC1OC(CO)C(O)C(O)C1O. The van der Waals surface area contributed by atoms with E-state index in [9.17, 15) is 25.2 Å². The van der Waals surface area contributed by atoms with Crippen molar-refractivity contribution >= 4 is 5.97 Å². The molecule has 0 radical (unpaired) electrons. The van der Waals surface area contributed by atoms with Crippen LogP contribution in [0, 0.1) is 0 Å². The lowest BCUT2D eigenvalue weighted by Gasteiger charge is -2.39. The average molecular weight is 988 g/mol. The monoisotopic (exact) mass is 987 g/mol. The molecule has 0 amide bonds. The van der Waals surface area contributed by atoms with Gasteiger partial charge in [-0.05, 0) is 83.5 Å². The van der Waals surface area contributed by atoms with Gasteiger partial charge in [0.1, 0.15) is 30.5 Å². The number of carbonyl (C=O) groups is 1. The Morgan fingerprint density at radius 1 is 0.457 bits per heavy atom. The fourth-order valence-electron chi connectivity index (χ4n) is 8.83. The molecule has 0 aromatic rings. The van der Waals surface area contributed by atoms with Gasteiger partial charge in [0.25, 0.3) is 0 Å². The Bertz CT molecular complexity index is 1260. The molecule has 6 unspecified atom stereocenters. The number of carbonyl (C=O) groups excluding carboxylic acids is 1. The van der Waals surface area contributed by atoms with E-state index in [-0.39, 0.29) is 19.2 Å². The Labute approximate surface area is 430 Å². The zero-order valence-corrected chi connectivity index (χ0v) is 45.3. The summed E-state index contributed by atoms with van der Waals surface area (Å²) in [6.45, 7) is 4.55. The summed E-state index contributed by atoms with van der Waals surface area (Å²) in [7, 11) is 0. The van der Waals surface area contributed by atoms with Crippen molar-refractivity contribution in [2.75, 3.05) is 26.4 Å². The first kappa shape index (κ1) is 65.9. The fraction of sp³-hybridized carbons (Fsp3) is 0.820. The van der Waals surface area contributed by atoms with Gasteiger partial charge in [-0.25, -0.2) is 0 Å². The highest BCUT2D eigenvalue weighted by Gasteiger charge is 2.44. The maximum atomic E-state index is 12.9. The van der Waals surface area contributed by atoms with Crippen LogP contribution in [0.5, 0.6) is 0 Å². The van der Waals surface area contributed by atoms with Gasteiger partial charge < -0.3 is 39.4 Å². The summed E-state index contributed by atoms with van der Waals surface area (Å²) in [4.78, 5) is 12.9. The van der Waals surface area contributed by atoms with Crippen LogP contribution in [-0.4, -0.2) is 89.6 Å². The minimum absolute atomic E-state index is 0.120. The molecular formula is C61H110O9. The highest BCUT2D eigenvalue weighted by atomic mass is 16.7. The number of ether oxygens (including phenoxy) is 4. The normalized spacial score (nSPS) is 19.3. The van der Waals surface area contributed by atoms with E-state index in [1.165, 1.54) is 173 Å². The highest BCUT2D eigenvalue weighted by Crippen LogP contribution is 2.23. The molecule has 0 aromatic carbocycles. The molecule has 0 spiro atoms. The Balaban J connectivity index is 2.16. The minimum atomic E-state index is -1.54. The predicted octanol–water partition coefficient (Wildman–Crippen LogP) is 15.4. The molecule has 1 aliphatic heterocycles. The Morgan fingerprint density at radius 2 is 0.829 bits per heavy atom. The maximum absolute atomic E-state index is 12.9. The van der Waals surface area contributed by atoms with Crippen LogP contribution in [0.1, 0.15) is 258 Å². The molecule has 0 aliphatic carbocycles.